The summed E-state index contributed by atoms with van der Waals surface area (Å²) in [4.78, 5) is 37.6. The van der Waals surface area contributed by atoms with Gasteiger partial charge in [-0.1, -0.05) is 206 Å². The second-order valence-corrected chi connectivity index (χ2v) is 16.0. The maximum atomic E-state index is 12.7. The fraction of sp³-hybridized carbons (Fsp3) is 0.896. The molecule has 6 nitrogen and oxygen atoms in total. The predicted octanol–water partition coefficient (Wildman–Crippen LogP) is 15.0. The molecule has 0 aliphatic heterocycles. The molecule has 0 aliphatic carbocycles. The minimum absolute atomic E-state index is 0.0695. The van der Waals surface area contributed by atoms with Crippen molar-refractivity contribution in [1.29, 1.82) is 0 Å². The van der Waals surface area contributed by atoms with Crippen molar-refractivity contribution in [1.82, 2.24) is 0 Å². The summed E-state index contributed by atoms with van der Waals surface area (Å²) in [5.41, 5.74) is 0. The predicted molar refractivity (Wildman–Crippen MR) is 229 cm³/mol. The van der Waals surface area contributed by atoms with Crippen LogP contribution in [-0.4, -0.2) is 37.2 Å². The molecule has 1 atom stereocenters. The van der Waals surface area contributed by atoms with E-state index in [0.717, 1.165) is 64.2 Å². The van der Waals surface area contributed by atoms with Gasteiger partial charge in [-0.2, -0.15) is 0 Å². The molecule has 0 radical (unpaired) electrons. The molecule has 0 rings (SSSR count). The van der Waals surface area contributed by atoms with Crippen molar-refractivity contribution in [3.8, 4) is 0 Å². The Labute approximate surface area is 335 Å². The lowest BCUT2D eigenvalue weighted by atomic mass is 10.0. The summed E-state index contributed by atoms with van der Waals surface area (Å²) in [5.74, 6) is -0.877. The molecule has 0 heterocycles. The quantitative estimate of drug-likeness (QED) is 0.0266. The van der Waals surface area contributed by atoms with Gasteiger partial charge in [0.1, 0.15) is 13.2 Å². The van der Waals surface area contributed by atoms with Crippen LogP contribution in [0.4, 0.5) is 0 Å². The molecule has 318 valence electrons. The van der Waals surface area contributed by atoms with Crippen LogP contribution >= 0.6 is 0 Å². The Morgan fingerprint density at radius 1 is 0.352 bits per heavy atom. The van der Waals surface area contributed by atoms with Gasteiger partial charge in [-0.15, -0.1) is 0 Å². The molecule has 6 heteroatoms. The highest BCUT2D eigenvalue weighted by Crippen LogP contribution is 2.15. The number of esters is 3. The highest BCUT2D eigenvalue weighted by Gasteiger charge is 2.19. The SMILES string of the molecule is CCCCCCCC/C=C\CCCCCCCC(=O)OCC(COC(=O)CCCCCCCC)OC(=O)CCCCCCCCCCCCCCCCC. The van der Waals surface area contributed by atoms with E-state index in [4.69, 9.17) is 14.2 Å². The molecule has 0 spiro atoms. The zero-order valence-electron chi connectivity index (χ0n) is 36.3. The normalized spacial score (nSPS) is 12.0. The van der Waals surface area contributed by atoms with E-state index in [1.54, 1.807) is 0 Å². The molecule has 54 heavy (non-hydrogen) atoms. The van der Waals surface area contributed by atoms with Gasteiger partial charge in [0.2, 0.25) is 0 Å². The van der Waals surface area contributed by atoms with Gasteiger partial charge in [0, 0.05) is 19.3 Å². The molecular formula is C48H90O6. The Hall–Kier alpha value is -1.85. The van der Waals surface area contributed by atoms with Crippen LogP contribution < -0.4 is 0 Å². The zero-order valence-corrected chi connectivity index (χ0v) is 36.3. The third kappa shape index (κ3) is 41.3. The van der Waals surface area contributed by atoms with Crippen molar-refractivity contribution in [2.45, 2.75) is 264 Å². The summed E-state index contributed by atoms with van der Waals surface area (Å²) in [7, 11) is 0. The van der Waals surface area contributed by atoms with Crippen LogP contribution in [-0.2, 0) is 28.6 Å². The Morgan fingerprint density at radius 3 is 0.926 bits per heavy atom. The summed E-state index contributed by atoms with van der Waals surface area (Å²) in [6, 6.07) is 0. The largest absolute Gasteiger partial charge is 0.462 e. The molecule has 0 aromatic carbocycles. The van der Waals surface area contributed by atoms with E-state index in [1.165, 1.54) is 154 Å². The Bertz CT molecular complexity index is 839. The standard InChI is InChI=1S/C48H90O6/c1-4-7-10-13-16-18-20-22-24-26-28-30-32-35-38-41-47(50)53-44-45(43-52-46(49)40-37-34-15-12-9-6-3)54-48(51)42-39-36-33-31-29-27-25-23-21-19-17-14-11-8-5-2/h22,24,45H,4-21,23,25-44H2,1-3H3/b24-22-. The van der Waals surface area contributed by atoms with Crippen LogP contribution in [0, 0.1) is 0 Å². The topological polar surface area (TPSA) is 78.9 Å². The summed E-state index contributed by atoms with van der Waals surface area (Å²) < 4.78 is 16.7. The van der Waals surface area contributed by atoms with Crippen molar-refractivity contribution in [3.63, 3.8) is 0 Å². The fourth-order valence-corrected chi connectivity index (χ4v) is 6.91. The van der Waals surface area contributed by atoms with Crippen molar-refractivity contribution < 1.29 is 28.6 Å². The molecule has 0 aliphatic rings. The first-order chi connectivity index (χ1) is 26.5. The average molecular weight is 763 g/mol. The van der Waals surface area contributed by atoms with Crippen LogP contribution in [0.25, 0.3) is 0 Å². The number of allylic oxidation sites excluding steroid dienone is 2. The summed E-state index contributed by atoms with van der Waals surface area (Å²) in [5, 5.41) is 0. The number of hydrogen-bond donors (Lipinski definition) is 0. The molecule has 0 aromatic rings. The summed E-state index contributed by atoms with van der Waals surface area (Å²) >= 11 is 0. The maximum Gasteiger partial charge on any atom is 0.306 e. The van der Waals surface area contributed by atoms with Crippen molar-refractivity contribution in [2.24, 2.45) is 0 Å². The fourth-order valence-electron chi connectivity index (χ4n) is 6.91. The molecule has 0 fully saturated rings. The minimum Gasteiger partial charge on any atom is -0.462 e. The van der Waals surface area contributed by atoms with Crippen LogP contribution in [0.15, 0.2) is 12.2 Å². The van der Waals surface area contributed by atoms with E-state index in [-0.39, 0.29) is 31.1 Å². The van der Waals surface area contributed by atoms with Gasteiger partial charge in [0.05, 0.1) is 0 Å². The number of carbonyl (C=O) groups excluding carboxylic acids is 3. The molecule has 0 N–H and O–H groups in total. The van der Waals surface area contributed by atoms with Gasteiger partial charge >= 0.3 is 17.9 Å². The van der Waals surface area contributed by atoms with E-state index in [0.29, 0.717) is 19.3 Å². The lowest BCUT2D eigenvalue weighted by Crippen LogP contribution is -2.30. The summed E-state index contributed by atoms with van der Waals surface area (Å²) in [6.45, 7) is 6.58. The Balaban J connectivity index is 4.23. The highest BCUT2D eigenvalue weighted by atomic mass is 16.6. The lowest BCUT2D eigenvalue weighted by Gasteiger charge is -2.18. The molecule has 0 saturated heterocycles. The highest BCUT2D eigenvalue weighted by molar-refractivity contribution is 5.71. The molecule has 0 bridgehead atoms. The molecule has 0 aromatic heterocycles. The Morgan fingerprint density at radius 2 is 0.611 bits per heavy atom. The van der Waals surface area contributed by atoms with Gasteiger partial charge in [0.15, 0.2) is 6.10 Å². The van der Waals surface area contributed by atoms with E-state index >= 15 is 0 Å². The second-order valence-electron chi connectivity index (χ2n) is 16.0. The minimum atomic E-state index is -0.764. The van der Waals surface area contributed by atoms with Gasteiger partial charge in [-0.25, -0.2) is 0 Å². The van der Waals surface area contributed by atoms with Crippen molar-refractivity contribution in [2.75, 3.05) is 13.2 Å². The van der Waals surface area contributed by atoms with Crippen molar-refractivity contribution >= 4 is 17.9 Å². The lowest BCUT2D eigenvalue weighted by molar-refractivity contribution is -0.167. The maximum absolute atomic E-state index is 12.7. The zero-order chi connectivity index (χ0) is 39.4. The molecule has 0 amide bonds. The van der Waals surface area contributed by atoms with Gasteiger partial charge in [-0.05, 0) is 44.9 Å². The van der Waals surface area contributed by atoms with Crippen LogP contribution in [0.1, 0.15) is 258 Å². The first-order valence-electron chi connectivity index (χ1n) is 23.7. The van der Waals surface area contributed by atoms with E-state index in [1.807, 2.05) is 0 Å². The number of hydrogen-bond acceptors (Lipinski definition) is 6. The average Bonchev–Trinajstić information content (AvgIpc) is 3.17. The van der Waals surface area contributed by atoms with Crippen LogP contribution in [0.5, 0.6) is 0 Å². The van der Waals surface area contributed by atoms with E-state index < -0.39 is 6.10 Å². The van der Waals surface area contributed by atoms with E-state index in [2.05, 4.69) is 32.9 Å². The third-order valence-electron chi connectivity index (χ3n) is 10.5. The number of carbonyl (C=O) groups is 3. The Kier molecular flexibility index (Phi) is 42.4. The number of ether oxygens (including phenoxy) is 3. The first-order valence-corrected chi connectivity index (χ1v) is 23.7. The van der Waals surface area contributed by atoms with Crippen molar-refractivity contribution in [3.05, 3.63) is 12.2 Å². The summed E-state index contributed by atoms with van der Waals surface area (Å²) in [6.07, 6.45) is 46.4. The first kappa shape index (κ1) is 52.2. The van der Waals surface area contributed by atoms with Crippen LogP contribution in [0.3, 0.4) is 0 Å². The third-order valence-corrected chi connectivity index (χ3v) is 10.5. The van der Waals surface area contributed by atoms with Crippen LogP contribution in [0.2, 0.25) is 0 Å². The van der Waals surface area contributed by atoms with Gasteiger partial charge in [-0.3, -0.25) is 14.4 Å². The monoisotopic (exact) mass is 763 g/mol. The number of rotatable bonds is 43. The molecule has 1 unspecified atom stereocenters. The van der Waals surface area contributed by atoms with E-state index in [9.17, 15) is 14.4 Å². The smallest absolute Gasteiger partial charge is 0.306 e. The molecular weight excluding hydrogens is 673 g/mol. The van der Waals surface area contributed by atoms with Gasteiger partial charge in [0.25, 0.3) is 0 Å². The van der Waals surface area contributed by atoms with Gasteiger partial charge < -0.3 is 14.2 Å². The molecule has 0 saturated carbocycles. The number of unbranched alkanes of at least 4 members (excludes halogenated alkanes) is 30. The second kappa shape index (κ2) is 43.9.